The molecule has 5 nitrogen and oxygen atoms in total. The lowest BCUT2D eigenvalue weighted by Crippen LogP contribution is -2.10. The first kappa shape index (κ1) is 31.1. The molecule has 0 unspecified atom stereocenters. The van der Waals surface area contributed by atoms with Gasteiger partial charge >= 0.3 is 0 Å². The predicted molar refractivity (Wildman–Crippen MR) is 225 cm³/mol. The Hall–Kier alpha value is -7.50. The molecule has 11 aromatic rings. The van der Waals surface area contributed by atoms with Crippen LogP contribution in [0.1, 0.15) is 0 Å². The SMILES string of the molecule is c1ccc(-c2cccc(N(c3ccc4c(c3)oc3cccc(-c5nc6ccccc6nc5-c5ccccc5)c34)c3ccc4oc5ccccc5c4c3)c2)cc1. The van der Waals surface area contributed by atoms with E-state index in [0.717, 1.165) is 106 Å². The van der Waals surface area contributed by atoms with Gasteiger partial charge in [-0.25, -0.2) is 9.97 Å². The van der Waals surface area contributed by atoms with E-state index in [1.54, 1.807) is 0 Å². The average molecular weight is 706 g/mol. The lowest BCUT2D eigenvalue weighted by molar-refractivity contribution is 0.668. The molecule has 0 atom stereocenters. The van der Waals surface area contributed by atoms with Crippen LogP contribution in [0.15, 0.2) is 197 Å². The van der Waals surface area contributed by atoms with Crippen molar-refractivity contribution in [3.8, 4) is 33.6 Å². The molecule has 3 heterocycles. The van der Waals surface area contributed by atoms with E-state index in [0.29, 0.717) is 0 Å². The van der Waals surface area contributed by atoms with Gasteiger partial charge in [-0.3, -0.25) is 0 Å². The molecule has 258 valence electrons. The van der Waals surface area contributed by atoms with Crippen molar-refractivity contribution in [1.82, 2.24) is 9.97 Å². The van der Waals surface area contributed by atoms with Gasteiger partial charge in [0.2, 0.25) is 0 Å². The number of rotatable bonds is 6. The highest BCUT2D eigenvalue weighted by molar-refractivity contribution is 6.14. The third-order valence-electron chi connectivity index (χ3n) is 10.4. The number of hydrogen-bond donors (Lipinski definition) is 0. The van der Waals surface area contributed by atoms with Crippen LogP contribution >= 0.6 is 0 Å². The zero-order chi connectivity index (χ0) is 36.3. The minimum absolute atomic E-state index is 0.786. The number of aromatic nitrogens is 2. The van der Waals surface area contributed by atoms with Gasteiger partial charge in [-0.15, -0.1) is 0 Å². The molecule has 8 aromatic carbocycles. The summed E-state index contributed by atoms with van der Waals surface area (Å²) >= 11 is 0. The lowest BCUT2D eigenvalue weighted by Gasteiger charge is -2.26. The van der Waals surface area contributed by atoms with Crippen LogP contribution in [-0.2, 0) is 0 Å². The summed E-state index contributed by atoms with van der Waals surface area (Å²) in [6.07, 6.45) is 0. The van der Waals surface area contributed by atoms with Gasteiger partial charge in [-0.1, -0.05) is 115 Å². The summed E-state index contributed by atoms with van der Waals surface area (Å²) in [5.41, 5.74) is 14.0. The van der Waals surface area contributed by atoms with Crippen molar-refractivity contribution < 1.29 is 8.83 Å². The van der Waals surface area contributed by atoms with Crippen molar-refractivity contribution in [2.75, 3.05) is 4.90 Å². The number of hydrogen-bond acceptors (Lipinski definition) is 5. The molecule has 0 aliphatic heterocycles. The minimum atomic E-state index is 0.786. The number of para-hydroxylation sites is 3. The first-order chi connectivity index (χ1) is 27.2. The van der Waals surface area contributed by atoms with Crippen molar-refractivity contribution >= 4 is 72.0 Å². The lowest BCUT2D eigenvalue weighted by atomic mass is 9.98. The predicted octanol–water partition coefficient (Wildman–Crippen LogP) is 13.9. The van der Waals surface area contributed by atoms with Crippen LogP contribution in [0.2, 0.25) is 0 Å². The summed E-state index contributed by atoms with van der Waals surface area (Å²) in [7, 11) is 0. The number of benzene rings is 8. The summed E-state index contributed by atoms with van der Waals surface area (Å²) in [5.74, 6) is 0. The van der Waals surface area contributed by atoms with Gasteiger partial charge in [0.05, 0.1) is 22.4 Å². The van der Waals surface area contributed by atoms with Gasteiger partial charge in [0.25, 0.3) is 0 Å². The van der Waals surface area contributed by atoms with E-state index in [1.165, 1.54) is 0 Å². The number of anilines is 3. The zero-order valence-electron chi connectivity index (χ0n) is 29.6. The molecule has 0 amide bonds. The fourth-order valence-electron chi connectivity index (χ4n) is 7.89. The van der Waals surface area contributed by atoms with Crippen molar-refractivity contribution in [3.05, 3.63) is 188 Å². The van der Waals surface area contributed by atoms with Crippen molar-refractivity contribution in [1.29, 1.82) is 0 Å². The molecule has 0 spiro atoms. The molecular formula is C50H31N3O2. The second kappa shape index (κ2) is 12.6. The molecule has 0 fully saturated rings. The highest BCUT2D eigenvalue weighted by atomic mass is 16.3. The molecule has 0 N–H and O–H groups in total. The Labute approximate surface area is 316 Å². The number of nitrogens with zero attached hydrogens (tertiary/aromatic N) is 3. The molecular weight excluding hydrogens is 675 g/mol. The van der Waals surface area contributed by atoms with Crippen LogP contribution < -0.4 is 4.90 Å². The Bertz CT molecular complexity index is 3220. The third-order valence-corrected chi connectivity index (χ3v) is 10.4. The standard InChI is InChI=1S/C50H31N3O2/c1-3-13-32(14-4-1)34-17-11-18-35(29-34)53(36-26-28-45-41(30-36)38-19-7-10-23-44(38)54-45)37-25-27-39-47(31-37)55-46-24-12-20-40(48(39)46)50-49(33-15-5-2-6-16-33)51-42-21-8-9-22-43(42)52-50/h1-31H. The van der Waals surface area contributed by atoms with Gasteiger partial charge in [-0.05, 0) is 77.9 Å². The van der Waals surface area contributed by atoms with Gasteiger partial charge in [0.15, 0.2) is 0 Å². The van der Waals surface area contributed by atoms with Crippen molar-refractivity contribution in [2.45, 2.75) is 0 Å². The van der Waals surface area contributed by atoms with Gasteiger partial charge in [0.1, 0.15) is 22.3 Å². The van der Waals surface area contributed by atoms with Crippen LogP contribution in [-0.4, -0.2) is 9.97 Å². The largest absolute Gasteiger partial charge is 0.456 e. The first-order valence-corrected chi connectivity index (χ1v) is 18.4. The molecule has 3 aromatic heterocycles. The van der Waals surface area contributed by atoms with Crippen molar-refractivity contribution in [3.63, 3.8) is 0 Å². The number of fused-ring (bicyclic) bond motifs is 7. The topological polar surface area (TPSA) is 55.3 Å². The van der Waals surface area contributed by atoms with E-state index >= 15 is 0 Å². The Morgan fingerprint density at radius 3 is 1.78 bits per heavy atom. The molecule has 11 rings (SSSR count). The van der Waals surface area contributed by atoms with Crippen LogP contribution in [0.5, 0.6) is 0 Å². The van der Waals surface area contributed by atoms with E-state index < -0.39 is 0 Å². The molecule has 0 aliphatic carbocycles. The summed E-state index contributed by atoms with van der Waals surface area (Å²) in [6, 6.07) is 64.9. The summed E-state index contributed by atoms with van der Waals surface area (Å²) in [4.78, 5) is 12.7. The van der Waals surface area contributed by atoms with E-state index in [9.17, 15) is 0 Å². The van der Waals surface area contributed by atoms with E-state index in [2.05, 4.69) is 120 Å². The Kier molecular flexibility index (Phi) is 7.10. The van der Waals surface area contributed by atoms with Crippen molar-refractivity contribution in [2.24, 2.45) is 0 Å². The molecule has 0 saturated carbocycles. The molecule has 55 heavy (non-hydrogen) atoms. The Morgan fingerprint density at radius 2 is 0.945 bits per heavy atom. The maximum Gasteiger partial charge on any atom is 0.137 e. The average Bonchev–Trinajstić information content (AvgIpc) is 3.82. The first-order valence-electron chi connectivity index (χ1n) is 18.4. The third kappa shape index (κ3) is 5.24. The summed E-state index contributed by atoms with van der Waals surface area (Å²) in [5, 5.41) is 4.18. The smallest absolute Gasteiger partial charge is 0.137 e. The highest BCUT2D eigenvalue weighted by Crippen LogP contribution is 2.44. The van der Waals surface area contributed by atoms with Crippen LogP contribution in [0.3, 0.4) is 0 Å². The highest BCUT2D eigenvalue weighted by Gasteiger charge is 2.21. The maximum absolute atomic E-state index is 6.73. The van der Waals surface area contributed by atoms with Gasteiger partial charge in [0, 0.05) is 55.8 Å². The normalized spacial score (nSPS) is 11.6. The van der Waals surface area contributed by atoms with Crippen LogP contribution in [0, 0.1) is 0 Å². The van der Waals surface area contributed by atoms with E-state index in [4.69, 9.17) is 18.8 Å². The Morgan fingerprint density at radius 1 is 0.345 bits per heavy atom. The van der Waals surface area contributed by atoms with E-state index in [1.807, 2.05) is 72.8 Å². The van der Waals surface area contributed by atoms with Crippen LogP contribution in [0.4, 0.5) is 17.1 Å². The quantitative estimate of drug-likeness (QED) is 0.172. The molecule has 0 saturated heterocycles. The minimum Gasteiger partial charge on any atom is -0.456 e. The van der Waals surface area contributed by atoms with Gasteiger partial charge in [-0.2, -0.15) is 0 Å². The number of furan rings is 2. The second-order valence-electron chi connectivity index (χ2n) is 13.8. The Balaban J connectivity index is 1.12. The molecule has 0 radical (unpaired) electrons. The molecule has 0 aliphatic rings. The summed E-state index contributed by atoms with van der Waals surface area (Å²) in [6.45, 7) is 0. The monoisotopic (exact) mass is 705 g/mol. The fraction of sp³-hybridized carbons (Fsp3) is 0. The van der Waals surface area contributed by atoms with Crippen LogP contribution in [0.25, 0.3) is 88.6 Å². The zero-order valence-corrected chi connectivity index (χ0v) is 29.6. The fourth-order valence-corrected chi connectivity index (χ4v) is 7.89. The maximum atomic E-state index is 6.73. The second-order valence-corrected chi connectivity index (χ2v) is 13.8. The molecule has 5 heteroatoms. The summed E-state index contributed by atoms with van der Waals surface area (Å²) < 4.78 is 13.0. The van der Waals surface area contributed by atoms with E-state index in [-0.39, 0.29) is 0 Å². The molecule has 0 bridgehead atoms. The van der Waals surface area contributed by atoms with Gasteiger partial charge < -0.3 is 13.7 Å².